The first-order valence-electron chi connectivity index (χ1n) is 6.46. The number of amides is 1. The van der Waals surface area contributed by atoms with Crippen LogP contribution in [0.25, 0.3) is 0 Å². The molecule has 1 aliphatic carbocycles. The Morgan fingerprint density at radius 1 is 1.35 bits per heavy atom. The van der Waals surface area contributed by atoms with Crippen molar-refractivity contribution >= 4 is 5.91 Å². The fraction of sp³-hybridized carbons (Fsp3) is 0.533. The number of hydrogen-bond donors (Lipinski definition) is 0. The SMILES string of the molecule is CCN(CC)C(=O)C1=CC=CCC(C(C)C)=C1. The van der Waals surface area contributed by atoms with Crippen LogP contribution in [0.2, 0.25) is 0 Å². The first-order chi connectivity index (χ1) is 8.10. The Hall–Kier alpha value is -1.31. The summed E-state index contributed by atoms with van der Waals surface area (Å²) >= 11 is 0. The molecule has 94 valence electrons. The molecule has 0 radical (unpaired) electrons. The molecule has 0 heterocycles. The van der Waals surface area contributed by atoms with E-state index in [-0.39, 0.29) is 5.91 Å². The summed E-state index contributed by atoms with van der Waals surface area (Å²) in [4.78, 5) is 14.1. The van der Waals surface area contributed by atoms with Gasteiger partial charge < -0.3 is 4.90 Å². The third-order valence-corrected chi connectivity index (χ3v) is 3.15. The second kappa shape index (κ2) is 6.43. The fourth-order valence-electron chi connectivity index (χ4n) is 1.91. The van der Waals surface area contributed by atoms with Gasteiger partial charge in [-0.2, -0.15) is 0 Å². The summed E-state index contributed by atoms with van der Waals surface area (Å²) in [5, 5.41) is 0. The number of likely N-dealkylation sites (N-methyl/N-ethyl adjacent to an activating group) is 1. The van der Waals surface area contributed by atoms with Crippen LogP contribution in [0.15, 0.2) is 35.5 Å². The zero-order chi connectivity index (χ0) is 12.8. The summed E-state index contributed by atoms with van der Waals surface area (Å²) in [7, 11) is 0. The average molecular weight is 233 g/mol. The molecule has 0 aromatic carbocycles. The molecule has 0 N–H and O–H groups in total. The molecule has 0 atom stereocenters. The Morgan fingerprint density at radius 2 is 2.00 bits per heavy atom. The summed E-state index contributed by atoms with van der Waals surface area (Å²) in [6.07, 6.45) is 9.04. The van der Waals surface area contributed by atoms with E-state index in [2.05, 4.69) is 26.0 Å². The zero-order valence-corrected chi connectivity index (χ0v) is 11.4. The molecule has 0 fully saturated rings. The first kappa shape index (κ1) is 13.8. The zero-order valence-electron chi connectivity index (χ0n) is 11.4. The Morgan fingerprint density at radius 3 is 2.53 bits per heavy atom. The third kappa shape index (κ3) is 3.58. The van der Waals surface area contributed by atoms with Crippen molar-refractivity contribution in [2.45, 2.75) is 34.1 Å². The van der Waals surface area contributed by atoms with Gasteiger partial charge in [0.2, 0.25) is 0 Å². The lowest BCUT2D eigenvalue weighted by Crippen LogP contribution is -2.31. The van der Waals surface area contributed by atoms with Crippen LogP contribution in [-0.2, 0) is 4.79 Å². The maximum absolute atomic E-state index is 12.3. The molecule has 0 unspecified atom stereocenters. The first-order valence-corrected chi connectivity index (χ1v) is 6.46. The van der Waals surface area contributed by atoms with Crippen LogP contribution in [0.5, 0.6) is 0 Å². The molecule has 2 heteroatoms. The predicted molar refractivity (Wildman–Crippen MR) is 72.7 cm³/mol. The summed E-state index contributed by atoms with van der Waals surface area (Å²) in [5.74, 6) is 0.630. The van der Waals surface area contributed by atoms with Gasteiger partial charge in [-0.25, -0.2) is 0 Å². The van der Waals surface area contributed by atoms with Crippen molar-refractivity contribution in [1.29, 1.82) is 0 Å². The van der Waals surface area contributed by atoms with Crippen LogP contribution in [0.1, 0.15) is 34.1 Å². The molecule has 17 heavy (non-hydrogen) atoms. The van der Waals surface area contributed by atoms with Gasteiger partial charge in [0.05, 0.1) is 0 Å². The molecule has 1 amide bonds. The molecular weight excluding hydrogens is 210 g/mol. The van der Waals surface area contributed by atoms with Gasteiger partial charge in [0.1, 0.15) is 0 Å². The molecule has 1 rings (SSSR count). The van der Waals surface area contributed by atoms with Crippen molar-refractivity contribution in [2.24, 2.45) is 5.92 Å². The van der Waals surface area contributed by atoms with E-state index < -0.39 is 0 Å². The van der Waals surface area contributed by atoms with Crippen LogP contribution in [0, 0.1) is 5.92 Å². The van der Waals surface area contributed by atoms with Crippen molar-refractivity contribution in [3.63, 3.8) is 0 Å². The Balaban J connectivity index is 2.95. The van der Waals surface area contributed by atoms with E-state index in [0.29, 0.717) is 5.92 Å². The van der Waals surface area contributed by atoms with E-state index >= 15 is 0 Å². The van der Waals surface area contributed by atoms with Crippen LogP contribution in [-0.4, -0.2) is 23.9 Å². The summed E-state index contributed by atoms with van der Waals surface area (Å²) in [5.41, 5.74) is 2.14. The van der Waals surface area contributed by atoms with Crippen LogP contribution < -0.4 is 0 Å². The number of rotatable bonds is 4. The second-order valence-electron chi connectivity index (χ2n) is 4.61. The van der Waals surface area contributed by atoms with Crippen molar-refractivity contribution in [3.05, 3.63) is 35.5 Å². The number of allylic oxidation sites excluding steroid dienone is 4. The number of carbonyl (C=O) groups excluding carboxylic acids is 1. The van der Waals surface area contributed by atoms with Gasteiger partial charge >= 0.3 is 0 Å². The van der Waals surface area contributed by atoms with Gasteiger partial charge in [-0.15, -0.1) is 0 Å². The minimum absolute atomic E-state index is 0.139. The van der Waals surface area contributed by atoms with Crippen LogP contribution >= 0.6 is 0 Å². The normalized spacial score (nSPS) is 15.4. The average Bonchev–Trinajstić information content (AvgIpc) is 2.56. The van der Waals surface area contributed by atoms with Crippen LogP contribution in [0.4, 0.5) is 0 Å². The quantitative estimate of drug-likeness (QED) is 0.729. The molecule has 0 saturated carbocycles. The highest BCUT2D eigenvalue weighted by Crippen LogP contribution is 2.20. The minimum atomic E-state index is 0.139. The molecule has 1 aliphatic rings. The third-order valence-electron chi connectivity index (χ3n) is 3.15. The van der Waals surface area contributed by atoms with E-state index in [1.54, 1.807) is 0 Å². The standard InChI is InChI=1S/C15H23NO/c1-5-16(6-2)15(17)14-10-8-7-9-13(11-14)12(3)4/h7-8,10-12H,5-6,9H2,1-4H3. The molecular formula is C15H23NO. The van der Waals surface area contributed by atoms with E-state index in [1.807, 2.05) is 30.9 Å². The maximum Gasteiger partial charge on any atom is 0.253 e. The Labute approximate surface area is 105 Å². The largest absolute Gasteiger partial charge is 0.339 e. The highest BCUT2D eigenvalue weighted by molar-refractivity contribution is 5.96. The Kier molecular flexibility index (Phi) is 5.20. The second-order valence-corrected chi connectivity index (χ2v) is 4.61. The monoisotopic (exact) mass is 233 g/mol. The molecule has 0 aliphatic heterocycles. The minimum Gasteiger partial charge on any atom is -0.339 e. The van der Waals surface area contributed by atoms with E-state index in [4.69, 9.17) is 0 Å². The highest BCUT2D eigenvalue weighted by atomic mass is 16.2. The predicted octanol–water partition coefficient (Wildman–Crippen LogP) is 3.32. The van der Waals surface area contributed by atoms with E-state index in [0.717, 1.165) is 25.1 Å². The highest BCUT2D eigenvalue weighted by Gasteiger charge is 2.15. The molecule has 0 spiro atoms. The van der Waals surface area contributed by atoms with Crippen molar-refractivity contribution in [1.82, 2.24) is 4.90 Å². The van der Waals surface area contributed by atoms with Gasteiger partial charge in [0.15, 0.2) is 0 Å². The lowest BCUT2D eigenvalue weighted by Gasteiger charge is -2.19. The topological polar surface area (TPSA) is 20.3 Å². The van der Waals surface area contributed by atoms with Gasteiger partial charge in [0, 0.05) is 18.7 Å². The van der Waals surface area contributed by atoms with Gasteiger partial charge in [-0.05, 0) is 38.3 Å². The van der Waals surface area contributed by atoms with E-state index in [1.165, 1.54) is 5.57 Å². The van der Waals surface area contributed by atoms with Crippen LogP contribution in [0.3, 0.4) is 0 Å². The van der Waals surface area contributed by atoms with Gasteiger partial charge in [-0.1, -0.05) is 31.6 Å². The number of hydrogen-bond acceptors (Lipinski definition) is 1. The van der Waals surface area contributed by atoms with Crippen molar-refractivity contribution in [2.75, 3.05) is 13.1 Å². The lowest BCUT2D eigenvalue weighted by atomic mass is 9.98. The summed E-state index contributed by atoms with van der Waals surface area (Å²) < 4.78 is 0. The molecule has 0 aromatic heterocycles. The molecule has 0 saturated heterocycles. The summed E-state index contributed by atoms with van der Waals surface area (Å²) in [6.45, 7) is 9.90. The van der Waals surface area contributed by atoms with Crippen molar-refractivity contribution in [3.8, 4) is 0 Å². The Bertz CT molecular complexity index is 357. The van der Waals surface area contributed by atoms with Gasteiger partial charge in [-0.3, -0.25) is 4.79 Å². The fourth-order valence-corrected chi connectivity index (χ4v) is 1.91. The van der Waals surface area contributed by atoms with E-state index in [9.17, 15) is 4.79 Å². The number of carbonyl (C=O) groups is 1. The summed E-state index contributed by atoms with van der Waals surface area (Å²) in [6, 6.07) is 0. The van der Waals surface area contributed by atoms with Crippen molar-refractivity contribution < 1.29 is 4.79 Å². The molecule has 0 bridgehead atoms. The lowest BCUT2D eigenvalue weighted by molar-refractivity contribution is -0.126. The maximum atomic E-state index is 12.3. The molecule has 2 nitrogen and oxygen atoms in total. The molecule has 0 aromatic rings. The number of nitrogens with zero attached hydrogens (tertiary/aromatic N) is 1. The van der Waals surface area contributed by atoms with Gasteiger partial charge in [0.25, 0.3) is 5.91 Å². The smallest absolute Gasteiger partial charge is 0.253 e.